The number of ether oxygens (including phenoxy) is 10. The van der Waals surface area contributed by atoms with Crippen LogP contribution in [0.4, 0.5) is 0 Å². The number of carboxylic acid groups (broad SMARTS) is 1. The highest BCUT2D eigenvalue weighted by Gasteiger charge is 2.70. The van der Waals surface area contributed by atoms with Crippen molar-refractivity contribution in [3.8, 4) is 0 Å². The molecular weight excluding hydrogens is 1110 g/mol. The molecule has 10 rings (SSSR count). The van der Waals surface area contributed by atoms with Crippen LogP contribution in [0.5, 0.6) is 0 Å². The summed E-state index contributed by atoms with van der Waals surface area (Å²) in [7, 11) is 0. The molecule has 0 aromatic heterocycles. The maximum Gasteiger partial charge on any atom is 0.335 e. The van der Waals surface area contributed by atoms with Gasteiger partial charge in [-0.2, -0.15) is 0 Å². The number of hydrogen-bond acceptors (Lipinski definition) is 25. The fourth-order valence-electron chi connectivity index (χ4n) is 17.4. The molecule has 31 unspecified atom stereocenters. The molecule has 5 heterocycles. The highest BCUT2D eigenvalue weighted by molar-refractivity contribution is 5.79. The van der Waals surface area contributed by atoms with E-state index in [1.54, 1.807) is 0 Å². The summed E-state index contributed by atoms with van der Waals surface area (Å²) < 4.78 is 59.0. The van der Waals surface area contributed by atoms with Gasteiger partial charge in [-0.15, -0.1) is 0 Å². The molecule has 0 radical (unpaired) electrons. The van der Waals surface area contributed by atoms with E-state index >= 15 is 4.79 Å². The fraction of sp³-hybridized carbons (Fsp3) is 0.931. The Bertz CT molecular complexity index is 2390. The van der Waals surface area contributed by atoms with E-state index in [-0.39, 0.29) is 39.4 Å². The number of allylic oxidation sites excluding steroid dienone is 2. The first-order valence-corrected chi connectivity index (χ1v) is 30.0. The molecule has 0 aromatic rings. The average molecular weight is 1210 g/mol. The van der Waals surface area contributed by atoms with E-state index < -0.39 is 190 Å². The van der Waals surface area contributed by atoms with Crippen molar-refractivity contribution < 1.29 is 128 Å². The second-order valence-corrected chi connectivity index (χ2v) is 28.2. The Kier molecular flexibility index (Phi) is 18.2. The molecule has 4 saturated carbocycles. The molecule has 5 aliphatic carbocycles. The minimum Gasteiger partial charge on any atom is -0.479 e. The Morgan fingerprint density at radius 1 is 0.571 bits per heavy atom. The summed E-state index contributed by atoms with van der Waals surface area (Å²) >= 11 is 0. The van der Waals surface area contributed by atoms with Gasteiger partial charge in [0.2, 0.25) is 6.29 Å². The van der Waals surface area contributed by atoms with Gasteiger partial charge in [-0.25, -0.2) is 4.79 Å². The third-order valence-electron chi connectivity index (χ3n) is 22.7. The number of carbonyl (C=O) groups excluding carboxylic acids is 1. The van der Waals surface area contributed by atoms with E-state index in [4.69, 9.17) is 47.4 Å². The van der Waals surface area contributed by atoms with E-state index in [0.717, 1.165) is 25.7 Å². The van der Waals surface area contributed by atoms with Crippen molar-refractivity contribution in [1.82, 2.24) is 0 Å². The van der Waals surface area contributed by atoms with Crippen molar-refractivity contribution in [2.24, 2.45) is 50.2 Å². The SMILES string of the molecule is CC1OC(OC2C(CO)OC(OC3C(OC(=O)C45CCC(C)(C)CC4C4=CCC6C7(C)CCC(OC8OC(C(=O)O)C(O)C(O)C8O)C(C)(C)C7CCC6(C)C4(C)CC5)OCC(O)C3O)C(O)C2O)C(O)C(O)C1OC1OCC(O)C(O)C1O. The van der Waals surface area contributed by atoms with Crippen LogP contribution in [0.1, 0.15) is 120 Å². The first-order valence-electron chi connectivity index (χ1n) is 30.0. The zero-order valence-electron chi connectivity index (χ0n) is 49.0. The largest absolute Gasteiger partial charge is 0.479 e. The highest BCUT2D eigenvalue weighted by Crippen LogP contribution is 2.76. The fourth-order valence-corrected chi connectivity index (χ4v) is 17.4. The molecule has 5 aliphatic heterocycles. The minimum atomic E-state index is -2.02. The van der Waals surface area contributed by atoms with E-state index in [1.807, 2.05) is 0 Å². The lowest BCUT2D eigenvalue weighted by Crippen LogP contribution is -2.66. The van der Waals surface area contributed by atoms with Gasteiger partial charge in [-0.3, -0.25) is 4.79 Å². The van der Waals surface area contributed by atoms with Crippen LogP contribution >= 0.6 is 0 Å². The van der Waals surface area contributed by atoms with Crippen molar-refractivity contribution in [1.29, 1.82) is 0 Å². The van der Waals surface area contributed by atoms with E-state index in [0.29, 0.717) is 38.5 Å². The number of aliphatic hydroxyl groups is 13. The molecule has 0 amide bonds. The van der Waals surface area contributed by atoms with Crippen LogP contribution in [0, 0.1) is 50.2 Å². The zero-order valence-corrected chi connectivity index (χ0v) is 49.0. The topological polar surface area (TPSA) is 410 Å². The zero-order chi connectivity index (χ0) is 61.3. The van der Waals surface area contributed by atoms with Crippen LogP contribution in [0.2, 0.25) is 0 Å². The van der Waals surface area contributed by atoms with Crippen molar-refractivity contribution in [3.05, 3.63) is 11.6 Å². The Labute approximate surface area is 487 Å². The lowest BCUT2D eigenvalue weighted by Gasteiger charge is -2.71. The lowest BCUT2D eigenvalue weighted by molar-refractivity contribution is -0.383. The Hall–Kier alpha value is -2.20. The number of aliphatic carboxylic acids is 1. The Balaban J connectivity index is 0.832. The number of esters is 1. The average Bonchev–Trinajstić information content (AvgIpc) is 0.702. The predicted molar refractivity (Wildman–Crippen MR) is 283 cm³/mol. The maximum absolute atomic E-state index is 15.4. The maximum atomic E-state index is 15.4. The van der Waals surface area contributed by atoms with Crippen LogP contribution in [0.3, 0.4) is 0 Å². The molecule has 9 fully saturated rings. The van der Waals surface area contributed by atoms with E-state index in [9.17, 15) is 76.3 Å². The summed E-state index contributed by atoms with van der Waals surface area (Å²) in [6.07, 6.45) is -29.9. The van der Waals surface area contributed by atoms with Gasteiger partial charge in [0.25, 0.3) is 0 Å². The molecule has 26 nitrogen and oxygen atoms in total. The van der Waals surface area contributed by atoms with Gasteiger partial charge in [0, 0.05) is 0 Å². The summed E-state index contributed by atoms with van der Waals surface area (Å²) in [5, 5.41) is 150. The van der Waals surface area contributed by atoms with Gasteiger partial charge in [0.1, 0.15) is 91.6 Å². The Morgan fingerprint density at radius 3 is 1.81 bits per heavy atom. The van der Waals surface area contributed by atoms with E-state index in [1.165, 1.54) is 12.5 Å². The van der Waals surface area contributed by atoms with Gasteiger partial charge in [0.15, 0.2) is 37.4 Å². The van der Waals surface area contributed by atoms with E-state index in [2.05, 4.69) is 54.5 Å². The molecule has 31 atom stereocenters. The number of hydrogen-bond donors (Lipinski definition) is 14. The van der Waals surface area contributed by atoms with Gasteiger partial charge < -0.3 is 119 Å². The smallest absolute Gasteiger partial charge is 0.335 e. The molecule has 5 saturated heterocycles. The van der Waals surface area contributed by atoms with Crippen LogP contribution in [-0.4, -0.2) is 251 Å². The summed E-state index contributed by atoms with van der Waals surface area (Å²) in [6, 6.07) is 0. The molecule has 10 aliphatic rings. The van der Waals surface area contributed by atoms with Gasteiger partial charge >= 0.3 is 11.9 Å². The first kappa shape index (κ1) is 64.8. The minimum absolute atomic E-state index is 0.126. The van der Waals surface area contributed by atoms with Gasteiger partial charge in [-0.1, -0.05) is 60.1 Å². The summed E-state index contributed by atoms with van der Waals surface area (Å²) in [4.78, 5) is 27.3. The molecular formula is C58H92O26. The standard InChI is InChI=1S/C58H92O26/c1-23-42(80-47-38(68)32(62)26(60)21-75-47)36(66)40(70)48(77-23)81-43-28(20-59)78-49(41(71)37(43)67)83-45-33(63)27(61)22-76-51(45)84-52(74)58-17-15-53(2,3)19-25(58)24-9-10-30-55(6)13-12-31(79-50-39(69)34(64)35(65)44(82-50)46(72)73)54(4,5)29(55)11-14-57(30,8)56(24,7)16-18-58/h9,23,25-45,47-51,59-71H,10-22H2,1-8H3,(H,72,73). The normalized spacial score (nSPS) is 53.7. The molecule has 14 N–H and O–H groups in total. The van der Waals surface area contributed by atoms with Crippen molar-refractivity contribution in [2.45, 2.75) is 267 Å². The Morgan fingerprint density at radius 2 is 1.14 bits per heavy atom. The number of aliphatic hydroxyl groups excluding tert-OH is 13. The van der Waals surface area contributed by atoms with Crippen LogP contribution in [0.15, 0.2) is 11.6 Å². The number of fused-ring (bicyclic) bond motifs is 7. The van der Waals surface area contributed by atoms with Crippen molar-refractivity contribution in [2.75, 3.05) is 19.8 Å². The van der Waals surface area contributed by atoms with Gasteiger partial charge in [0.05, 0.1) is 37.4 Å². The van der Waals surface area contributed by atoms with Crippen LogP contribution in [-0.2, 0) is 57.0 Å². The number of carboxylic acids is 1. The van der Waals surface area contributed by atoms with Gasteiger partial charge in [-0.05, 0) is 116 Å². The second kappa shape index (κ2) is 23.6. The summed E-state index contributed by atoms with van der Waals surface area (Å²) in [5.41, 5.74) is -1.29. The van der Waals surface area contributed by atoms with Crippen molar-refractivity contribution >= 4 is 11.9 Å². The molecule has 0 aromatic carbocycles. The van der Waals surface area contributed by atoms with Crippen LogP contribution in [0.25, 0.3) is 0 Å². The first-order chi connectivity index (χ1) is 39.3. The third-order valence-corrected chi connectivity index (χ3v) is 22.7. The summed E-state index contributed by atoms with van der Waals surface area (Å²) in [6.45, 7) is 15.5. The molecule has 0 spiro atoms. The third kappa shape index (κ3) is 10.7. The highest BCUT2D eigenvalue weighted by atomic mass is 16.8. The second-order valence-electron chi connectivity index (χ2n) is 28.2. The summed E-state index contributed by atoms with van der Waals surface area (Å²) in [5.74, 6) is -2.00. The monoisotopic (exact) mass is 1200 g/mol. The molecule has 84 heavy (non-hydrogen) atoms. The lowest BCUT2D eigenvalue weighted by atomic mass is 9.33. The quantitative estimate of drug-likeness (QED) is 0.0582. The molecule has 480 valence electrons. The van der Waals surface area contributed by atoms with Crippen LogP contribution < -0.4 is 0 Å². The molecule has 26 heteroatoms. The van der Waals surface area contributed by atoms with Crippen molar-refractivity contribution in [3.63, 3.8) is 0 Å². The number of rotatable bonds is 12. The predicted octanol–water partition coefficient (Wildman–Crippen LogP) is -1.81. The number of carbonyl (C=O) groups is 2. The molecule has 0 bridgehead atoms.